The van der Waals surface area contributed by atoms with Crippen molar-refractivity contribution in [2.75, 3.05) is 13.2 Å². The van der Waals surface area contributed by atoms with Gasteiger partial charge >= 0.3 is 5.97 Å². The normalized spacial score (nSPS) is 12.8. The van der Waals surface area contributed by atoms with E-state index in [9.17, 15) is 19.8 Å². The Kier molecular flexibility index (Phi) is 54.1. The summed E-state index contributed by atoms with van der Waals surface area (Å²) in [6, 6.07) is -0.548. The molecule has 0 fully saturated rings. The largest absolute Gasteiger partial charge is 0.466 e. The highest BCUT2D eigenvalue weighted by molar-refractivity contribution is 5.76. The quantitative estimate of drug-likeness (QED) is 0.0321. The number of amides is 1. The van der Waals surface area contributed by atoms with Crippen LogP contribution in [0.25, 0.3) is 0 Å². The number of rotatable bonds is 54. The van der Waals surface area contributed by atoms with Crippen molar-refractivity contribution in [2.24, 2.45) is 0 Å². The number of carbonyl (C=O) groups is 2. The molecule has 0 spiro atoms. The van der Waals surface area contributed by atoms with E-state index >= 15 is 0 Å². The number of ether oxygens (including phenoxy) is 1. The number of unbranched alkanes of at least 4 members (excludes halogenated alkanes) is 37. The summed E-state index contributed by atoms with van der Waals surface area (Å²) in [6.45, 7) is 4.91. The third-order valence-corrected chi connectivity index (χ3v) is 13.4. The molecular formula is C60H113NO5. The molecule has 3 N–H and O–H groups in total. The number of aliphatic hydroxyl groups is 2. The molecule has 0 saturated heterocycles. The van der Waals surface area contributed by atoms with Gasteiger partial charge in [-0.2, -0.15) is 0 Å². The lowest BCUT2D eigenvalue weighted by Crippen LogP contribution is -2.45. The van der Waals surface area contributed by atoms with Crippen LogP contribution in [0.2, 0.25) is 0 Å². The third kappa shape index (κ3) is 51.5. The summed E-state index contributed by atoms with van der Waals surface area (Å²) in [7, 11) is 0. The molecule has 0 aliphatic heterocycles. The summed E-state index contributed by atoms with van der Waals surface area (Å²) in [5, 5.41) is 23.2. The molecule has 0 saturated carbocycles. The van der Waals surface area contributed by atoms with Crippen LogP contribution in [-0.2, 0) is 14.3 Å². The van der Waals surface area contributed by atoms with Gasteiger partial charge in [0.1, 0.15) is 0 Å². The first-order valence-electron chi connectivity index (χ1n) is 29.2. The molecule has 0 rings (SSSR count). The van der Waals surface area contributed by atoms with Gasteiger partial charge in [0, 0.05) is 12.8 Å². The summed E-state index contributed by atoms with van der Waals surface area (Å²) in [5.41, 5.74) is 0. The van der Waals surface area contributed by atoms with Crippen molar-refractivity contribution in [3.8, 4) is 0 Å². The molecular weight excluding hydrogens is 815 g/mol. The van der Waals surface area contributed by atoms with Gasteiger partial charge in [0.2, 0.25) is 5.91 Å². The second-order valence-corrected chi connectivity index (χ2v) is 20.0. The van der Waals surface area contributed by atoms with Crippen molar-refractivity contribution in [3.63, 3.8) is 0 Å². The first-order valence-corrected chi connectivity index (χ1v) is 29.2. The Balaban J connectivity index is 3.41. The van der Waals surface area contributed by atoms with Gasteiger partial charge in [0.25, 0.3) is 0 Å². The van der Waals surface area contributed by atoms with Crippen molar-refractivity contribution in [1.82, 2.24) is 5.32 Å². The van der Waals surface area contributed by atoms with Crippen molar-refractivity contribution in [1.29, 1.82) is 0 Å². The SMILES string of the molecule is CCCCC/C=C\C/C=C\CCCCCCCCCCCC(=O)OCCCCCCCCCC/C=C\CCCCCCCCCC(=O)NC(CO)C(O)CCCCCCCCCCCCC. The molecule has 6 nitrogen and oxygen atoms in total. The highest BCUT2D eigenvalue weighted by Gasteiger charge is 2.20. The lowest BCUT2D eigenvalue weighted by atomic mass is 10.0. The van der Waals surface area contributed by atoms with E-state index in [2.05, 4.69) is 55.6 Å². The minimum atomic E-state index is -0.669. The lowest BCUT2D eigenvalue weighted by molar-refractivity contribution is -0.143. The molecule has 0 aromatic heterocycles. The first kappa shape index (κ1) is 64.1. The number of esters is 1. The van der Waals surface area contributed by atoms with Gasteiger partial charge in [0.05, 0.1) is 25.4 Å². The highest BCUT2D eigenvalue weighted by atomic mass is 16.5. The Labute approximate surface area is 411 Å². The minimum absolute atomic E-state index is 0.0000311. The van der Waals surface area contributed by atoms with Crippen LogP contribution < -0.4 is 5.32 Å². The Bertz CT molecular complexity index is 1070. The van der Waals surface area contributed by atoms with E-state index in [1.54, 1.807) is 0 Å². The second-order valence-electron chi connectivity index (χ2n) is 20.0. The van der Waals surface area contributed by atoms with E-state index < -0.39 is 12.1 Å². The highest BCUT2D eigenvalue weighted by Crippen LogP contribution is 2.16. The zero-order valence-electron chi connectivity index (χ0n) is 44.2. The molecule has 0 aromatic rings. The molecule has 0 bridgehead atoms. The zero-order chi connectivity index (χ0) is 47.9. The van der Waals surface area contributed by atoms with Crippen LogP contribution in [0.5, 0.6) is 0 Å². The van der Waals surface area contributed by atoms with Gasteiger partial charge in [0.15, 0.2) is 0 Å². The number of aliphatic hydroxyl groups excluding tert-OH is 2. The average molecular weight is 929 g/mol. The van der Waals surface area contributed by atoms with Crippen molar-refractivity contribution < 1.29 is 24.5 Å². The Morgan fingerprint density at radius 3 is 1.20 bits per heavy atom. The second kappa shape index (κ2) is 55.7. The van der Waals surface area contributed by atoms with Crippen LogP contribution in [0.1, 0.15) is 309 Å². The van der Waals surface area contributed by atoms with Crippen LogP contribution in [0.15, 0.2) is 36.5 Å². The average Bonchev–Trinajstić information content (AvgIpc) is 3.32. The summed E-state index contributed by atoms with van der Waals surface area (Å²) in [5.74, 6) is -0.0458. The maximum atomic E-state index is 12.4. The molecule has 6 heteroatoms. The summed E-state index contributed by atoms with van der Waals surface area (Å²) < 4.78 is 5.49. The van der Waals surface area contributed by atoms with Gasteiger partial charge in [-0.3, -0.25) is 9.59 Å². The molecule has 2 atom stereocenters. The smallest absolute Gasteiger partial charge is 0.305 e. The summed E-state index contributed by atoms with van der Waals surface area (Å²) in [6.07, 6.45) is 68.5. The fourth-order valence-electron chi connectivity index (χ4n) is 8.90. The Morgan fingerprint density at radius 1 is 0.424 bits per heavy atom. The number of nitrogens with one attached hydrogen (secondary N) is 1. The molecule has 2 unspecified atom stereocenters. The molecule has 388 valence electrons. The predicted molar refractivity (Wildman–Crippen MR) is 287 cm³/mol. The number of hydrogen-bond acceptors (Lipinski definition) is 5. The van der Waals surface area contributed by atoms with Gasteiger partial charge in [-0.1, -0.05) is 249 Å². The monoisotopic (exact) mass is 928 g/mol. The Hall–Kier alpha value is -1.92. The fourth-order valence-corrected chi connectivity index (χ4v) is 8.90. The van der Waals surface area contributed by atoms with Crippen LogP contribution >= 0.6 is 0 Å². The van der Waals surface area contributed by atoms with Gasteiger partial charge in [-0.05, 0) is 83.5 Å². The topological polar surface area (TPSA) is 95.9 Å². The van der Waals surface area contributed by atoms with E-state index in [1.165, 1.54) is 225 Å². The van der Waals surface area contributed by atoms with E-state index in [1.807, 2.05) is 0 Å². The summed E-state index contributed by atoms with van der Waals surface area (Å²) in [4.78, 5) is 24.5. The van der Waals surface area contributed by atoms with Gasteiger partial charge in [-0.25, -0.2) is 0 Å². The third-order valence-electron chi connectivity index (χ3n) is 13.4. The van der Waals surface area contributed by atoms with E-state index in [-0.39, 0.29) is 18.5 Å². The molecule has 0 heterocycles. The predicted octanol–water partition coefficient (Wildman–Crippen LogP) is 18.0. The maximum absolute atomic E-state index is 12.4. The Morgan fingerprint density at radius 2 is 0.758 bits per heavy atom. The summed E-state index contributed by atoms with van der Waals surface area (Å²) >= 11 is 0. The molecule has 1 amide bonds. The molecule has 0 radical (unpaired) electrons. The van der Waals surface area contributed by atoms with E-state index in [0.29, 0.717) is 25.9 Å². The van der Waals surface area contributed by atoms with Crippen LogP contribution in [0, 0.1) is 0 Å². The zero-order valence-corrected chi connectivity index (χ0v) is 44.2. The van der Waals surface area contributed by atoms with Crippen molar-refractivity contribution >= 4 is 11.9 Å². The van der Waals surface area contributed by atoms with Gasteiger partial charge < -0.3 is 20.3 Å². The molecule has 0 aliphatic rings. The molecule has 0 aromatic carbocycles. The van der Waals surface area contributed by atoms with Crippen LogP contribution in [0.4, 0.5) is 0 Å². The standard InChI is InChI=1S/C60H113NO5/c1-3-5-7-9-11-13-15-16-17-18-20-24-27-30-34-38-42-46-50-54-60(65)66-55-51-47-43-39-35-31-28-25-22-19-21-23-26-29-33-37-41-45-49-53-59(64)61-57(56-62)58(63)52-48-44-40-36-32-14-12-10-8-6-4-2/h11,13,16-17,19,21,57-58,62-63H,3-10,12,14-15,18,20,22-56H2,1-2H3,(H,61,64)/b13-11-,17-16-,21-19-. The van der Waals surface area contributed by atoms with Gasteiger partial charge in [-0.15, -0.1) is 0 Å². The maximum Gasteiger partial charge on any atom is 0.305 e. The number of hydrogen-bond donors (Lipinski definition) is 3. The number of allylic oxidation sites excluding steroid dienone is 6. The first-order chi connectivity index (χ1) is 32.5. The minimum Gasteiger partial charge on any atom is -0.466 e. The van der Waals surface area contributed by atoms with Crippen LogP contribution in [0.3, 0.4) is 0 Å². The van der Waals surface area contributed by atoms with E-state index in [0.717, 1.165) is 51.4 Å². The molecule has 0 aliphatic carbocycles. The molecule has 66 heavy (non-hydrogen) atoms. The number of carbonyl (C=O) groups excluding carboxylic acids is 2. The lowest BCUT2D eigenvalue weighted by Gasteiger charge is -2.22. The van der Waals surface area contributed by atoms with E-state index in [4.69, 9.17) is 4.74 Å². The van der Waals surface area contributed by atoms with Crippen molar-refractivity contribution in [2.45, 2.75) is 321 Å². The fraction of sp³-hybridized carbons (Fsp3) is 0.867. The van der Waals surface area contributed by atoms with Crippen LogP contribution in [-0.4, -0.2) is 47.4 Å². The van der Waals surface area contributed by atoms with Crippen molar-refractivity contribution in [3.05, 3.63) is 36.5 Å².